The third-order valence-corrected chi connectivity index (χ3v) is 4.50. The van der Waals surface area contributed by atoms with E-state index in [0.29, 0.717) is 0 Å². The maximum absolute atomic E-state index is 2.60. The second-order valence-electron chi connectivity index (χ2n) is 5.34. The summed E-state index contributed by atoms with van der Waals surface area (Å²) in [5, 5.41) is 0. The van der Waals surface area contributed by atoms with Gasteiger partial charge in [-0.25, -0.2) is 24.3 Å². The minimum Gasteiger partial charge on any atom is -0.310 e. The van der Waals surface area contributed by atoms with Gasteiger partial charge in [-0.2, -0.15) is 24.3 Å². The number of nitrogens with zero attached hydrogens (tertiary/aromatic N) is 1. The van der Waals surface area contributed by atoms with E-state index in [4.69, 9.17) is 0 Å². The first kappa shape index (κ1) is 21.9. The summed E-state index contributed by atoms with van der Waals surface area (Å²) in [7, 11) is 0. The van der Waals surface area contributed by atoms with E-state index >= 15 is 0 Å². The summed E-state index contributed by atoms with van der Waals surface area (Å²) in [6.45, 7) is 8.16. The van der Waals surface area contributed by atoms with Gasteiger partial charge in [-0.05, 0) is 32.5 Å². The van der Waals surface area contributed by atoms with Crippen LogP contribution in [-0.4, -0.2) is 18.0 Å². The molecule has 0 saturated carbocycles. The Balaban J connectivity index is 0.000000622. The molecule has 0 atom stereocenters. The number of halogens is 1. The van der Waals surface area contributed by atoms with Gasteiger partial charge in [0.05, 0.1) is 0 Å². The van der Waals surface area contributed by atoms with Gasteiger partial charge in [0.2, 0.25) is 0 Å². The van der Waals surface area contributed by atoms with Crippen LogP contribution in [0.3, 0.4) is 0 Å². The first-order chi connectivity index (χ1) is 10.3. The van der Waals surface area contributed by atoms with E-state index in [1.807, 2.05) is 30.3 Å². The summed E-state index contributed by atoms with van der Waals surface area (Å²) in [6.07, 6.45) is 5.23. The second kappa shape index (κ2) is 14.5. The van der Waals surface area contributed by atoms with Gasteiger partial charge in [0.25, 0.3) is 0 Å². The normalized spacial score (nSPS) is 10.0. The average Bonchev–Trinajstić information content (AvgIpc) is 3.17. The van der Waals surface area contributed by atoms with Crippen molar-refractivity contribution in [1.82, 2.24) is 4.90 Å². The molecule has 0 N–H and O–H groups in total. The first-order valence-electron chi connectivity index (χ1n) is 8.07. The molecule has 0 unspecified atom stereocenters. The number of hydrogen-bond acceptors (Lipinski definition) is 1. The quantitative estimate of drug-likeness (QED) is 0.277. The van der Waals surface area contributed by atoms with Crippen molar-refractivity contribution in [3.05, 3.63) is 57.7 Å². The summed E-state index contributed by atoms with van der Waals surface area (Å²) in [5.74, 6) is 0. The fraction of sp³-hybridized carbons (Fsp3) is 0.474. The van der Waals surface area contributed by atoms with Gasteiger partial charge in [-0.15, -0.1) is 9.13 Å². The molecule has 0 saturated heterocycles. The van der Waals surface area contributed by atoms with Crippen molar-refractivity contribution in [3.63, 3.8) is 0 Å². The number of unbranched alkanes of at least 4 members (excludes halogenated alkanes) is 2. The first-order valence-corrected chi connectivity index (χ1v) is 9.14. The average molecular weight is 453 g/mol. The molecule has 22 heavy (non-hydrogen) atoms. The summed E-state index contributed by atoms with van der Waals surface area (Å²) < 4.78 is 1.41. The van der Waals surface area contributed by atoms with Crippen LogP contribution in [0.1, 0.15) is 45.1 Å². The standard InChI is InChI=1S/C14H23IN.C5H5.Fe/c1-3-5-10-16(11-6-4-2)12-13-8-7-9-14(13)15;1-2-4-5-3-1;/h7-9H,3-6,10-12H2,1-2H3;1-5H;/q2*-1;+2. The molecule has 3 heteroatoms. The van der Waals surface area contributed by atoms with Crippen molar-refractivity contribution >= 4 is 22.6 Å². The number of rotatable bonds is 8. The number of hydrogen-bond donors (Lipinski definition) is 0. The molecule has 2 aromatic rings. The van der Waals surface area contributed by atoms with Gasteiger partial charge < -0.3 is 4.90 Å². The van der Waals surface area contributed by atoms with Crippen molar-refractivity contribution in [1.29, 1.82) is 0 Å². The van der Waals surface area contributed by atoms with Crippen molar-refractivity contribution in [2.75, 3.05) is 13.1 Å². The Morgan fingerprint density at radius 3 is 2.00 bits per heavy atom. The zero-order valence-corrected chi connectivity index (χ0v) is 17.0. The van der Waals surface area contributed by atoms with Crippen LogP contribution in [-0.2, 0) is 23.6 Å². The van der Waals surface area contributed by atoms with Crippen molar-refractivity contribution in [2.45, 2.75) is 46.1 Å². The molecule has 0 amide bonds. The summed E-state index contributed by atoms with van der Waals surface area (Å²) in [5.41, 5.74) is 1.49. The molecule has 0 bridgehead atoms. The predicted octanol–water partition coefficient (Wildman–Crippen LogP) is 5.82. The third kappa shape index (κ3) is 9.83. The van der Waals surface area contributed by atoms with Crippen LogP contribution in [0.5, 0.6) is 0 Å². The van der Waals surface area contributed by atoms with Gasteiger partial charge in [-0.3, -0.25) is 0 Å². The van der Waals surface area contributed by atoms with E-state index in [1.165, 1.54) is 47.9 Å². The zero-order chi connectivity index (χ0) is 15.3. The van der Waals surface area contributed by atoms with Crippen LogP contribution in [0.25, 0.3) is 0 Å². The maximum atomic E-state index is 2.60. The van der Waals surface area contributed by atoms with Crippen LogP contribution >= 0.6 is 22.6 Å². The molecule has 0 heterocycles. The molecule has 2 aromatic carbocycles. The van der Waals surface area contributed by atoms with E-state index in [0.717, 1.165) is 6.54 Å². The molecular formula is C19H28FeIN. The fourth-order valence-electron chi connectivity index (χ4n) is 2.16. The van der Waals surface area contributed by atoms with Crippen molar-refractivity contribution in [3.8, 4) is 0 Å². The van der Waals surface area contributed by atoms with Crippen LogP contribution in [0, 0.1) is 3.57 Å². The van der Waals surface area contributed by atoms with Crippen LogP contribution in [0.4, 0.5) is 0 Å². The summed E-state index contributed by atoms with van der Waals surface area (Å²) >= 11 is 2.44. The SMILES string of the molecule is CCCCN(CCCC)C[c-]1cccc1I.[Fe+2].c1cc[cH-]c1. The fourth-order valence-corrected chi connectivity index (χ4v) is 2.72. The molecule has 0 aliphatic heterocycles. The molecular weight excluding hydrogens is 425 g/mol. The molecule has 0 spiro atoms. The summed E-state index contributed by atoms with van der Waals surface area (Å²) in [4.78, 5) is 2.60. The van der Waals surface area contributed by atoms with Crippen LogP contribution < -0.4 is 0 Å². The third-order valence-electron chi connectivity index (χ3n) is 3.45. The molecule has 124 valence electrons. The Labute approximate surface area is 160 Å². The molecule has 0 aliphatic rings. The maximum Gasteiger partial charge on any atom is 2.00 e. The van der Waals surface area contributed by atoms with Crippen LogP contribution in [0.15, 0.2) is 48.5 Å². The van der Waals surface area contributed by atoms with Crippen molar-refractivity contribution < 1.29 is 17.1 Å². The zero-order valence-electron chi connectivity index (χ0n) is 13.7. The van der Waals surface area contributed by atoms with E-state index in [1.54, 1.807) is 0 Å². The molecule has 1 nitrogen and oxygen atoms in total. The molecule has 0 aliphatic carbocycles. The Kier molecular flexibility index (Phi) is 14.4. The Morgan fingerprint density at radius 1 is 1.05 bits per heavy atom. The topological polar surface area (TPSA) is 3.24 Å². The van der Waals surface area contributed by atoms with Gasteiger partial charge in [0.1, 0.15) is 0 Å². The van der Waals surface area contributed by atoms with E-state index in [9.17, 15) is 0 Å². The predicted molar refractivity (Wildman–Crippen MR) is 102 cm³/mol. The van der Waals surface area contributed by atoms with E-state index < -0.39 is 0 Å². The van der Waals surface area contributed by atoms with Gasteiger partial charge >= 0.3 is 17.1 Å². The summed E-state index contributed by atoms with van der Waals surface area (Å²) in [6, 6.07) is 16.6. The molecule has 0 aromatic heterocycles. The van der Waals surface area contributed by atoms with E-state index in [2.05, 4.69) is 59.5 Å². The Bertz CT molecular complexity index is 411. The van der Waals surface area contributed by atoms with Gasteiger partial charge in [-0.1, -0.05) is 49.3 Å². The molecule has 0 radical (unpaired) electrons. The van der Waals surface area contributed by atoms with Gasteiger partial charge in [0, 0.05) is 0 Å². The van der Waals surface area contributed by atoms with Crippen LogP contribution in [0.2, 0.25) is 0 Å². The smallest absolute Gasteiger partial charge is 0.310 e. The minimum atomic E-state index is 0. The minimum absolute atomic E-state index is 0. The Morgan fingerprint density at radius 2 is 1.64 bits per heavy atom. The largest absolute Gasteiger partial charge is 2.00 e. The van der Waals surface area contributed by atoms with Crippen molar-refractivity contribution in [2.24, 2.45) is 0 Å². The van der Waals surface area contributed by atoms with E-state index in [-0.39, 0.29) is 17.1 Å². The second-order valence-corrected chi connectivity index (χ2v) is 6.51. The molecule has 2 rings (SSSR count). The Hall–Kier alpha value is -0.0905. The molecule has 0 fully saturated rings. The monoisotopic (exact) mass is 453 g/mol. The van der Waals surface area contributed by atoms with Gasteiger partial charge in [0.15, 0.2) is 0 Å².